The van der Waals surface area contributed by atoms with Crippen LogP contribution in [0.1, 0.15) is 18.4 Å². The fraction of sp³-hybridized carbons (Fsp3) is 0.500. The van der Waals surface area contributed by atoms with E-state index in [0.717, 1.165) is 31.5 Å². The maximum Gasteiger partial charge on any atom is 0.226 e. The van der Waals surface area contributed by atoms with Crippen molar-refractivity contribution in [3.63, 3.8) is 0 Å². The highest BCUT2D eigenvalue weighted by Gasteiger charge is 2.21. The van der Waals surface area contributed by atoms with Crippen molar-refractivity contribution in [2.75, 3.05) is 20.1 Å². The number of nitrogens with one attached hydrogen (secondary N) is 1. The Balaban J connectivity index is 0.00000161. The summed E-state index contributed by atoms with van der Waals surface area (Å²) in [5.41, 5.74) is 2.35. The van der Waals surface area contributed by atoms with Crippen molar-refractivity contribution < 1.29 is 9.42 Å². The molecule has 1 N–H and O–H groups in total. The molecule has 1 aliphatic heterocycles. The molecule has 114 valence electrons. The molecule has 0 bridgehead atoms. The SMILES string of the molecule is CN(C(=O)Cc1ccc2nonc2c1)C1CCNCC1.Cl. The monoisotopic (exact) mass is 310 g/mol. The van der Waals surface area contributed by atoms with Gasteiger partial charge in [-0.3, -0.25) is 4.79 Å². The number of benzene rings is 1. The molecule has 2 heterocycles. The molecule has 7 heteroatoms. The summed E-state index contributed by atoms with van der Waals surface area (Å²) in [6.07, 6.45) is 2.44. The number of hydrogen-bond donors (Lipinski definition) is 1. The molecular weight excluding hydrogens is 292 g/mol. The summed E-state index contributed by atoms with van der Waals surface area (Å²) in [6, 6.07) is 5.95. The van der Waals surface area contributed by atoms with E-state index in [-0.39, 0.29) is 18.3 Å². The molecule has 0 saturated carbocycles. The normalized spacial score (nSPS) is 15.7. The molecule has 0 aliphatic carbocycles. The topological polar surface area (TPSA) is 71.3 Å². The highest BCUT2D eigenvalue weighted by Crippen LogP contribution is 2.15. The van der Waals surface area contributed by atoms with Gasteiger partial charge in [-0.15, -0.1) is 12.4 Å². The molecule has 1 amide bonds. The molecule has 1 aromatic heterocycles. The zero-order valence-corrected chi connectivity index (χ0v) is 12.7. The van der Waals surface area contributed by atoms with Gasteiger partial charge in [-0.1, -0.05) is 6.07 Å². The lowest BCUT2D eigenvalue weighted by Crippen LogP contribution is -2.44. The third-order valence-corrected chi connectivity index (χ3v) is 3.92. The fourth-order valence-electron chi connectivity index (χ4n) is 2.63. The molecule has 0 spiro atoms. The van der Waals surface area contributed by atoms with Crippen molar-refractivity contribution in [2.45, 2.75) is 25.3 Å². The van der Waals surface area contributed by atoms with E-state index in [0.29, 0.717) is 23.5 Å². The van der Waals surface area contributed by atoms with Crippen molar-refractivity contribution in [2.24, 2.45) is 0 Å². The van der Waals surface area contributed by atoms with Crippen molar-refractivity contribution >= 4 is 29.3 Å². The summed E-state index contributed by atoms with van der Waals surface area (Å²) in [5.74, 6) is 0.146. The molecule has 3 rings (SSSR count). The molecule has 2 aromatic rings. The Kier molecular flexibility index (Phi) is 5.14. The zero-order chi connectivity index (χ0) is 13.9. The van der Waals surface area contributed by atoms with Gasteiger partial charge in [0.15, 0.2) is 0 Å². The van der Waals surface area contributed by atoms with Gasteiger partial charge in [-0.25, -0.2) is 4.63 Å². The summed E-state index contributed by atoms with van der Waals surface area (Å²) >= 11 is 0. The lowest BCUT2D eigenvalue weighted by atomic mass is 10.0. The number of aromatic nitrogens is 2. The molecule has 1 aliphatic rings. The van der Waals surface area contributed by atoms with Gasteiger partial charge in [0.05, 0.1) is 6.42 Å². The third kappa shape index (κ3) is 3.51. The molecular formula is C14H19ClN4O2. The Morgan fingerprint density at radius 1 is 1.33 bits per heavy atom. The molecule has 1 saturated heterocycles. The van der Waals surface area contributed by atoms with Gasteiger partial charge in [0.2, 0.25) is 5.91 Å². The first-order chi connectivity index (χ1) is 9.74. The molecule has 0 atom stereocenters. The standard InChI is InChI=1S/C14H18N4O2.ClH/c1-18(11-4-6-15-7-5-11)14(19)9-10-2-3-12-13(8-10)17-20-16-12;/h2-3,8,11,15H,4-7,9H2,1H3;1H. The second kappa shape index (κ2) is 6.87. The maximum atomic E-state index is 12.3. The zero-order valence-electron chi connectivity index (χ0n) is 11.9. The van der Waals surface area contributed by atoms with Gasteiger partial charge >= 0.3 is 0 Å². The summed E-state index contributed by atoms with van der Waals surface area (Å²) in [5, 5.41) is 10.9. The van der Waals surface area contributed by atoms with E-state index in [1.807, 2.05) is 30.1 Å². The van der Waals surface area contributed by atoms with Gasteiger partial charge in [0.25, 0.3) is 0 Å². The fourth-order valence-corrected chi connectivity index (χ4v) is 2.63. The van der Waals surface area contributed by atoms with Crippen LogP contribution in [0, 0.1) is 0 Å². The van der Waals surface area contributed by atoms with E-state index in [1.54, 1.807) is 0 Å². The Labute approximate surface area is 129 Å². The molecule has 0 unspecified atom stereocenters. The van der Waals surface area contributed by atoms with Gasteiger partial charge in [0, 0.05) is 13.1 Å². The molecule has 21 heavy (non-hydrogen) atoms. The van der Waals surface area contributed by atoms with Crippen LogP contribution in [0.5, 0.6) is 0 Å². The van der Waals surface area contributed by atoms with E-state index in [9.17, 15) is 4.79 Å². The van der Waals surface area contributed by atoms with Crippen molar-refractivity contribution in [3.8, 4) is 0 Å². The number of halogens is 1. The van der Waals surface area contributed by atoms with E-state index >= 15 is 0 Å². The number of carbonyl (C=O) groups is 1. The highest BCUT2D eigenvalue weighted by atomic mass is 35.5. The summed E-state index contributed by atoms with van der Waals surface area (Å²) in [7, 11) is 1.90. The number of fused-ring (bicyclic) bond motifs is 1. The number of nitrogens with zero attached hydrogens (tertiary/aromatic N) is 3. The third-order valence-electron chi connectivity index (χ3n) is 3.92. The number of likely N-dealkylation sites (N-methyl/N-ethyl adjacent to an activating group) is 1. The summed E-state index contributed by atoms with van der Waals surface area (Å²) in [6.45, 7) is 1.97. The van der Waals surface area contributed by atoms with Crippen LogP contribution in [0.4, 0.5) is 0 Å². The van der Waals surface area contributed by atoms with Crippen LogP contribution in [0.15, 0.2) is 22.8 Å². The quantitative estimate of drug-likeness (QED) is 0.928. The minimum absolute atomic E-state index is 0. The minimum Gasteiger partial charge on any atom is -0.342 e. The van der Waals surface area contributed by atoms with E-state index in [2.05, 4.69) is 20.3 Å². The van der Waals surface area contributed by atoms with Gasteiger partial charge in [0.1, 0.15) is 11.0 Å². The van der Waals surface area contributed by atoms with Crippen LogP contribution in [0.3, 0.4) is 0 Å². The lowest BCUT2D eigenvalue weighted by Gasteiger charge is -2.31. The maximum absolute atomic E-state index is 12.3. The first kappa shape index (κ1) is 15.7. The van der Waals surface area contributed by atoms with Crippen molar-refractivity contribution in [1.29, 1.82) is 0 Å². The number of carbonyl (C=O) groups excluding carboxylic acids is 1. The van der Waals surface area contributed by atoms with Gasteiger partial charge in [-0.2, -0.15) is 0 Å². The Hall–Kier alpha value is -1.66. The van der Waals surface area contributed by atoms with E-state index in [4.69, 9.17) is 0 Å². The number of rotatable bonds is 3. The average Bonchev–Trinajstić information content (AvgIpc) is 2.95. The molecule has 1 aromatic carbocycles. The smallest absolute Gasteiger partial charge is 0.226 e. The first-order valence-electron chi connectivity index (χ1n) is 6.91. The summed E-state index contributed by atoms with van der Waals surface area (Å²) < 4.78 is 4.67. The van der Waals surface area contributed by atoms with Gasteiger partial charge in [-0.05, 0) is 53.9 Å². The summed E-state index contributed by atoms with van der Waals surface area (Å²) in [4.78, 5) is 14.2. The van der Waals surface area contributed by atoms with E-state index < -0.39 is 0 Å². The van der Waals surface area contributed by atoms with Crippen LogP contribution < -0.4 is 5.32 Å². The van der Waals surface area contributed by atoms with E-state index in [1.165, 1.54) is 0 Å². The van der Waals surface area contributed by atoms with Crippen LogP contribution in [0.2, 0.25) is 0 Å². The van der Waals surface area contributed by atoms with Crippen LogP contribution >= 0.6 is 12.4 Å². The number of hydrogen-bond acceptors (Lipinski definition) is 5. The number of amides is 1. The van der Waals surface area contributed by atoms with Crippen LogP contribution in [-0.2, 0) is 11.2 Å². The largest absolute Gasteiger partial charge is 0.342 e. The Morgan fingerprint density at radius 2 is 2.05 bits per heavy atom. The second-order valence-corrected chi connectivity index (χ2v) is 5.25. The lowest BCUT2D eigenvalue weighted by molar-refractivity contribution is -0.131. The molecule has 1 fully saturated rings. The highest BCUT2D eigenvalue weighted by molar-refractivity contribution is 5.85. The second-order valence-electron chi connectivity index (χ2n) is 5.25. The van der Waals surface area contributed by atoms with Crippen LogP contribution in [0.25, 0.3) is 11.0 Å². The van der Waals surface area contributed by atoms with Crippen molar-refractivity contribution in [3.05, 3.63) is 23.8 Å². The molecule has 6 nitrogen and oxygen atoms in total. The van der Waals surface area contributed by atoms with Crippen LogP contribution in [-0.4, -0.2) is 47.3 Å². The Bertz CT molecular complexity index is 610. The van der Waals surface area contributed by atoms with Crippen molar-refractivity contribution in [1.82, 2.24) is 20.5 Å². The number of piperidine rings is 1. The molecule has 0 radical (unpaired) electrons. The first-order valence-corrected chi connectivity index (χ1v) is 6.91. The predicted molar refractivity (Wildman–Crippen MR) is 81.4 cm³/mol. The van der Waals surface area contributed by atoms with Gasteiger partial charge < -0.3 is 10.2 Å². The predicted octanol–water partition coefficient (Wildman–Crippen LogP) is 1.40. The minimum atomic E-state index is 0. The average molecular weight is 311 g/mol. The Morgan fingerprint density at radius 3 is 2.81 bits per heavy atom.